The first kappa shape index (κ1) is 13.9. The summed E-state index contributed by atoms with van der Waals surface area (Å²) < 4.78 is 7.14. The maximum Gasteiger partial charge on any atom is 0.341 e. The lowest BCUT2D eigenvalue weighted by Crippen LogP contribution is -2.10. The number of aryl methyl sites for hydroxylation is 2. The van der Waals surface area contributed by atoms with Crippen molar-refractivity contribution in [3.63, 3.8) is 0 Å². The van der Waals surface area contributed by atoms with Crippen LogP contribution in [0.2, 0.25) is 5.02 Å². The molecule has 0 amide bonds. The fourth-order valence-electron chi connectivity index (χ4n) is 2.68. The second kappa shape index (κ2) is 5.04. The van der Waals surface area contributed by atoms with Gasteiger partial charge in [0.1, 0.15) is 0 Å². The number of rotatable bonds is 2. The molecule has 0 radical (unpaired) electrons. The van der Waals surface area contributed by atoms with Gasteiger partial charge in [0, 0.05) is 10.6 Å². The van der Waals surface area contributed by atoms with Gasteiger partial charge in [0.15, 0.2) is 0 Å². The van der Waals surface area contributed by atoms with Crippen LogP contribution in [0.3, 0.4) is 0 Å². The molecule has 5 heteroatoms. The zero-order valence-corrected chi connectivity index (χ0v) is 12.9. The van der Waals surface area contributed by atoms with E-state index in [9.17, 15) is 4.79 Å². The Labute approximate surface area is 127 Å². The van der Waals surface area contributed by atoms with Crippen molar-refractivity contribution in [2.24, 2.45) is 0 Å². The molecule has 0 bridgehead atoms. The molecule has 0 aliphatic heterocycles. The van der Waals surface area contributed by atoms with E-state index < -0.39 is 0 Å². The number of nitrogens with zero attached hydrogens (tertiary/aromatic N) is 2. The van der Waals surface area contributed by atoms with E-state index in [4.69, 9.17) is 16.0 Å². The molecule has 0 N–H and O–H groups in total. The standard InChI is InChI=1S/C16H15ClN2O2/c1-4-13-9(2)14-10(3)18-19(15(14)21-16(13)20)12-7-5-6-11(17)8-12/h5-8H,4H2,1-3H3. The third kappa shape index (κ3) is 2.16. The monoisotopic (exact) mass is 302 g/mol. The van der Waals surface area contributed by atoms with Crippen molar-refractivity contribution >= 4 is 22.7 Å². The summed E-state index contributed by atoms with van der Waals surface area (Å²) in [7, 11) is 0. The lowest BCUT2D eigenvalue weighted by Gasteiger charge is -2.05. The van der Waals surface area contributed by atoms with Crippen LogP contribution in [0, 0.1) is 13.8 Å². The van der Waals surface area contributed by atoms with E-state index in [2.05, 4.69) is 5.10 Å². The van der Waals surface area contributed by atoms with Crippen molar-refractivity contribution in [2.45, 2.75) is 27.2 Å². The fourth-order valence-corrected chi connectivity index (χ4v) is 2.86. The van der Waals surface area contributed by atoms with Crippen LogP contribution in [0.15, 0.2) is 33.5 Å². The Morgan fingerprint density at radius 2 is 2.10 bits per heavy atom. The summed E-state index contributed by atoms with van der Waals surface area (Å²) in [6.45, 7) is 5.80. The maximum absolute atomic E-state index is 12.1. The number of aromatic nitrogens is 2. The summed E-state index contributed by atoms with van der Waals surface area (Å²) in [6.07, 6.45) is 0.645. The van der Waals surface area contributed by atoms with Crippen molar-refractivity contribution in [3.8, 4) is 5.69 Å². The first-order valence-corrected chi connectivity index (χ1v) is 7.18. The van der Waals surface area contributed by atoms with E-state index in [0.717, 1.165) is 22.3 Å². The predicted molar refractivity (Wildman–Crippen MR) is 83.5 cm³/mol. The first-order valence-electron chi connectivity index (χ1n) is 6.80. The number of halogens is 1. The van der Waals surface area contributed by atoms with E-state index in [1.807, 2.05) is 32.9 Å². The molecule has 3 aromatic rings. The minimum absolute atomic E-state index is 0.300. The van der Waals surface area contributed by atoms with Gasteiger partial charge in [-0.3, -0.25) is 0 Å². The molecule has 0 saturated heterocycles. The first-order chi connectivity index (χ1) is 10.0. The molecule has 0 saturated carbocycles. The Bertz CT molecular complexity index is 893. The van der Waals surface area contributed by atoms with Gasteiger partial charge in [-0.1, -0.05) is 24.6 Å². The van der Waals surface area contributed by atoms with Crippen LogP contribution < -0.4 is 5.63 Å². The molecule has 4 nitrogen and oxygen atoms in total. The van der Waals surface area contributed by atoms with Gasteiger partial charge < -0.3 is 4.42 Å². The lowest BCUT2D eigenvalue weighted by atomic mass is 10.1. The second-order valence-electron chi connectivity index (χ2n) is 5.00. The largest absolute Gasteiger partial charge is 0.403 e. The Balaban J connectivity index is 2.39. The summed E-state index contributed by atoms with van der Waals surface area (Å²) in [4.78, 5) is 12.1. The molecule has 0 unspecified atom stereocenters. The molecule has 21 heavy (non-hydrogen) atoms. The predicted octanol–water partition coefficient (Wildman–Crippen LogP) is 3.81. The van der Waals surface area contributed by atoms with Crippen LogP contribution in [0.1, 0.15) is 23.7 Å². The van der Waals surface area contributed by atoms with Crippen LogP contribution in [0.25, 0.3) is 16.8 Å². The van der Waals surface area contributed by atoms with E-state index in [0.29, 0.717) is 22.7 Å². The van der Waals surface area contributed by atoms with Gasteiger partial charge in [-0.2, -0.15) is 9.78 Å². The SMILES string of the molecule is CCc1c(C)c2c(C)nn(-c3cccc(Cl)c3)c2oc1=O. The molecule has 2 heterocycles. The Morgan fingerprint density at radius 1 is 1.33 bits per heavy atom. The van der Waals surface area contributed by atoms with Crippen molar-refractivity contribution in [2.75, 3.05) is 0 Å². The smallest absolute Gasteiger partial charge is 0.341 e. The number of benzene rings is 1. The van der Waals surface area contributed by atoms with Crippen LogP contribution in [0.4, 0.5) is 0 Å². The summed E-state index contributed by atoms with van der Waals surface area (Å²) in [5.41, 5.74) is 3.42. The molecule has 3 rings (SSSR count). The minimum atomic E-state index is -0.300. The van der Waals surface area contributed by atoms with E-state index in [-0.39, 0.29) is 5.63 Å². The van der Waals surface area contributed by atoms with Gasteiger partial charge in [0.25, 0.3) is 0 Å². The van der Waals surface area contributed by atoms with Crippen LogP contribution in [0.5, 0.6) is 0 Å². The van der Waals surface area contributed by atoms with Crippen molar-refractivity contribution < 1.29 is 4.42 Å². The zero-order valence-electron chi connectivity index (χ0n) is 12.1. The van der Waals surface area contributed by atoms with Gasteiger partial charge >= 0.3 is 5.63 Å². The molecular formula is C16H15ClN2O2. The Morgan fingerprint density at radius 3 is 2.76 bits per heavy atom. The molecule has 108 valence electrons. The highest BCUT2D eigenvalue weighted by molar-refractivity contribution is 6.30. The van der Waals surface area contributed by atoms with Gasteiger partial charge in [0.2, 0.25) is 5.71 Å². The van der Waals surface area contributed by atoms with E-state index in [1.165, 1.54) is 0 Å². The topological polar surface area (TPSA) is 48.0 Å². The number of hydrogen-bond acceptors (Lipinski definition) is 3. The second-order valence-corrected chi connectivity index (χ2v) is 5.44. The molecule has 0 aliphatic carbocycles. The Hall–Kier alpha value is -2.07. The minimum Gasteiger partial charge on any atom is -0.403 e. The van der Waals surface area contributed by atoms with Crippen molar-refractivity contribution in [1.82, 2.24) is 9.78 Å². The average Bonchev–Trinajstić information content (AvgIpc) is 2.76. The zero-order chi connectivity index (χ0) is 15.1. The highest BCUT2D eigenvalue weighted by Gasteiger charge is 2.18. The molecular weight excluding hydrogens is 288 g/mol. The quantitative estimate of drug-likeness (QED) is 0.723. The molecule has 0 spiro atoms. The maximum atomic E-state index is 12.1. The van der Waals surface area contributed by atoms with Crippen LogP contribution in [-0.2, 0) is 6.42 Å². The molecule has 0 aliphatic rings. The molecule has 0 fully saturated rings. The third-order valence-corrected chi connectivity index (χ3v) is 3.92. The fraction of sp³-hybridized carbons (Fsp3) is 0.250. The summed E-state index contributed by atoms with van der Waals surface area (Å²) in [5.74, 6) is 0. The summed E-state index contributed by atoms with van der Waals surface area (Å²) in [6, 6.07) is 7.30. The number of hydrogen-bond donors (Lipinski definition) is 0. The van der Waals surface area contributed by atoms with Crippen molar-refractivity contribution in [1.29, 1.82) is 0 Å². The summed E-state index contributed by atoms with van der Waals surface area (Å²) >= 11 is 6.03. The number of fused-ring (bicyclic) bond motifs is 1. The molecule has 0 atom stereocenters. The van der Waals surface area contributed by atoms with Crippen LogP contribution in [-0.4, -0.2) is 9.78 Å². The van der Waals surface area contributed by atoms with Gasteiger partial charge in [0.05, 0.1) is 16.8 Å². The average molecular weight is 303 g/mol. The summed E-state index contributed by atoms with van der Waals surface area (Å²) in [5, 5.41) is 6.01. The lowest BCUT2D eigenvalue weighted by molar-refractivity contribution is 0.526. The Kier molecular flexibility index (Phi) is 3.33. The van der Waals surface area contributed by atoms with Gasteiger partial charge in [-0.25, -0.2) is 4.79 Å². The van der Waals surface area contributed by atoms with Crippen LogP contribution >= 0.6 is 11.6 Å². The highest BCUT2D eigenvalue weighted by atomic mass is 35.5. The van der Waals surface area contributed by atoms with Crippen molar-refractivity contribution in [3.05, 3.63) is 56.5 Å². The van der Waals surface area contributed by atoms with Gasteiger partial charge in [-0.05, 0) is 44.0 Å². The third-order valence-electron chi connectivity index (χ3n) is 3.69. The highest BCUT2D eigenvalue weighted by Crippen LogP contribution is 2.26. The van der Waals surface area contributed by atoms with Gasteiger partial charge in [-0.15, -0.1) is 0 Å². The molecule has 2 aromatic heterocycles. The molecule has 1 aromatic carbocycles. The van der Waals surface area contributed by atoms with E-state index >= 15 is 0 Å². The normalized spacial score (nSPS) is 11.2. The van der Waals surface area contributed by atoms with E-state index in [1.54, 1.807) is 16.8 Å².